The van der Waals surface area contributed by atoms with Gasteiger partial charge in [-0.3, -0.25) is 9.59 Å². The van der Waals surface area contributed by atoms with Crippen molar-refractivity contribution in [2.45, 2.75) is 18.9 Å². The topological polar surface area (TPSA) is 67.4 Å². The lowest BCUT2D eigenvalue weighted by Gasteiger charge is -2.19. The Morgan fingerprint density at radius 1 is 1.15 bits per heavy atom. The van der Waals surface area contributed by atoms with Crippen LogP contribution in [0.15, 0.2) is 48.5 Å². The van der Waals surface area contributed by atoms with Crippen molar-refractivity contribution in [2.24, 2.45) is 5.92 Å². The molecule has 3 rings (SSSR count). The summed E-state index contributed by atoms with van der Waals surface area (Å²) in [6.07, 6.45) is 2.17. The van der Waals surface area contributed by atoms with Crippen molar-refractivity contribution in [1.82, 2.24) is 10.6 Å². The highest BCUT2D eigenvalue weighted by molar-refractivity contribution is 6.33. The molecular weight excluding hydrogens is 352 g/mol. The zero-order valence-electron chi connectivity index (χ0n) is 14.5. The number of benzene rings is 2. The molecule has 0 heterocycles. The molecule has 2 amide bonds. The van der Waals surface area contributed by atoms with Crippen LogP contribution in [-0.2, 0) is 4.79 Å². The summed E-state index contributed by atoms with van der Waals surface area (Å²) >= 11 is 6.00. The lowest BCUT2D eigenvalue weighted by molar-refractivity contribution is -0.121. The molecule has 26 heavy (non-hydrogen) atoms. The lowest BCUT2D eigenvalue weighted by atomic mass is 10.0. The molecule has 1 fully saturated rings. The molecule has 0 aromatic heterocycles. The van der Waals surface area contributed by atoms with E-state index in [0.29, 0.717) is 16.5 Å². The van der Waals surface area contributed by atoms with Gasteiger partial charge < -0.3 is 15.4 Å². The van der Waals surface area contributed by atoms with E-state index in [4.69, 9.17) is 16.3 Å². The van der Waals surface area contributed by atoms with E-state index in [1.165, 1.54) is 0 Å². The van der Waals surface area contributed by atoms with E-state index < -0.39 is 0 Å². The molecule has 2 aromatic rings. The summed E-state index contributed by atoms with van der Waals surface area (Å²) in [5, 5.41) is 6.01. The molecular formula is C20H21ClN2O3. The number of rotatable bonds is 7. The number of ether oxygens (including phenoxy) is 1. The van der Waals surface area contributed by atoms with Gasteiger partial charge in [0, 0.05) is 0 Å². The Kier molecular flexibility index (Phi) is 5.78. The predicted octanol–water partition coefficient (Wildman–Crippen LogP) is 3.35. The molecule has 0 saturated heterocycles. The fourth-order valence-electron chi connectivity index (χ4n) is 2.84. The molecule has 6 heteroatoms. The second-order valence-corrected chi connectivity index (χ2v) is 6.73. The summed E-state index contributed by atoms with van der Waals surface area (Å²) < 4.78 is 5.18. The number of hydrogen-bond donors (Lipinski definition) is 2. The predicted molar refractivity (Wildman–Crippen MR) is 100 cm³/mol. The fourth-order valence-corrected chi connectivity index (χ4v) is 3.06. The Morgan fingerprint density at radius 2 is 1.85 bits per heavy atom. The molecule has 0 spiro atoms. The average Bonchev–Trinajstić information content (AvgIpc) is 3.50. The van der Waals surface area contributed by atoms with Crippen LogP contribution in [0.3, 0.4) is 0 Å². The zero-order chi connectivity index (χ0) is 18.5. The summed E-state index contributed by atoms with van der Waals surface area (Å²) in [5.74, 6) is 0.629. The third kappa shape index (κ3) is 4.55. The van der Waals surface area contributed by atoms with Crippen molar-refractivity contribution in [3.63, 3.8) is 0 Å². The first-order valence-corrected chi connectivity index (χ1v) is 8.92. The van der Waals surface area contributed by atoms with Crippen molar-refractivity contribution in [2.75, 3.05) is 13.7 Å². The first-order valence-electron chi connectivity index (χ1n) is 8.54. The van der Waals surface area contributed by atoms with Gasteiger partial charge in [-0.1, -0.05) is 35.9 Å². The van der Waals surface area contributed by atoms with Gasteiger partial charge in [-0.25, -0.2) is 0 Å². The molecule has 2 N–H and O–H groups in total. The first-order chi connectivity index (χ1) is 12.6. The van der Waals surface area contributed by atoms with Crippen LogP contribution in [0.25, 0.3) is 0 Å². The summed E-state index contributed by atoms with van der Waals surface area (Å²) in [7, 11) is 1.62. The molecule has 1 atom stereocenters. The fraction of sp³-hybridized carbons (Fsp3) is 0.300. The van der Waals surface area contributed by atoms with Crippen LogP contribution < -0.4 is 15.4 Å². The Labute approximate surface area is 157 Å². The third-order valence-electron chi connectivity index (χ3n) is 4.41. The maximum Gasteiger partial charge on any atom is 0.253 e. The monoisotopic (exact) mass is 372 g/mol. The lowest BCUT2D eigenvalue weighted by Crippen LogP contribution is -2.39. The molecule has 1 aliphatic rings. The Balaban J connectivity index is 1.58. The van der Waals surface area contributed by atoms with Gasteiger partial charge in [0.2, 0.25) is 5.91 Å². The van der Waals surface area contributed by atoms with E-state index in [1.54, 1.807) is 31.4 Å². The number of methoxy groups -OCH3 is 1. The van der Waals surface area contributed by atoms with Crippen LogP contribution in [0.1, 0.15) is 34.8 Å². The van der Waals surface area contributed by atoms with Gasteiger partial charge in [-0.05, 0) is 48.6 Å². The number of hydrogen-bond acceptors (Lipinski definition) is 3. The van der Waals surface area contributed by atoms with E-state index in [2.05, 4.69) is 10.6 Å². The van der Waals surface area contributed by atoms with E-state index in [0.717, 1.165) is 24.2 Å². The second kappa shape index (κ2) is 8.23. The van der Waals surface area contributed by atoms with Crippen molar-refractivity contribution in [3.8, 4) is 5.75 Å². The van der Waals surface area contributed by atoms with Crippen LogP contribution in [0.5, 0.6) is 5.75 Å². The molecule has 0 radical (unpaired) electrons. The number of carbonyl (C=O) groups is 2. The molecule has 1 unspecified atom stereocenters. The number of amides is 2. The van der Waals surface area contributed by atoms with Crippen molar-refractivity contribution in [1.29, 1.82) is 0 Å². The Morgan fingerprint density at radius 3 is 2.46 bits per heavy atom. The van der Waals surface area contributed by atoms with Crippen molar-refractivity contribution in [3.05, 3.63) is 64.7 Å². The summed E-state index contributed by atoms with van der Waals surface area (Å²) in [5.41, 5.74) is 1.40. The minimum absolute atomic E-state index is 0.0504. The van der Waals surface area contributed by atoms with Gasteiger partial charge in [-0.15, -0.1) is 0 Å². The van der Waals surface area contributed by atoms with E-state index in [9.17, 15) is 9.59 Å². The SMILES string of the molecule is COc1ccc(C(NC(=O)CNC(=O)c2ccccc2Cl)C2CC2)cc1. The molecule has 0 aliphatic heterocycles. The largest absolute Gasteiger partial charge is 0.497 e. The van der Waals surface area contributed by atoms with E-state index in [1.807, 2.05) is 24.3 Å². The van der Waals surface area contributed by atoms with Gasteiger partial charge in [-0.2, -0.15) is 0 Å². The molecule has 0 bridgehead atoms. The Hall–Kier alpha value is -2.53. The minimum Gasteiger partial charge on any atom is -0.497 e. The van der Waals surface area contributed by atoms with Gasteiger partial charge in [0.05, 0.1) is 30.3 Å². The third-order valence-corrected chi connectivity index (χ3v) is 4.74. The summed E-state index contributed by atoms with van der Waals surface area (Å²) in [4.78, 5) is 24.5. The highest BCUT2D eigenvalue weighted by Gasteiger charge is 2.33. The number of halogens is 1. The molecule has 136 valence electrons. The number of nitrogens with one attached hydrogen (secondary N) is 2. The highest BCUT2D eigenvalue weighted by atomic mass is 35.5. The van der Waals surface area contributed by atoms with Gasteiger partial charge in [0.1, 0.15) is 5.75 Å². The molecule has 1 aliphatic carbocycles. The quantitative estimate of drug-likeness (QED) is 0.783. The van der Waals surface area contributed by atoms with Crippen LogP contribution >= 0.6 is 11.6 Å². The average molecular weight is 373 g/mol. The van der Waals surface area contributed by atoms with Crippen molar-refractivity contribution >= 4 is 23.4 Å². The molecule has 5 nitrogen and oxygen atoms in total. The maximum absolute atomic E-state index is 12.3. The second-order valence-electron chi connectivity index (χ2n) is 6.32. The van der Waals surface area contributed by atoms with Gasteiger partial charge in [0.15, 0.2) is 0 Å². The Bertz CT molecular complexity index is 788. The molecule has 2 aromatic carbocycles. The van der Waals surface area contributed by atoms with Crippen molar-refractivity contribution < 1.29 is 14.3 Å². The first kappa shape index (κ1) is 18.3. The smallest absolute Gasteiger partial charge is 0.253 e. The minimum atomic E-state index is -0.363. The maximum atomic E-state index is 12.3. The van der Waals surface area contributed by atoms with Gasteiger partial charge in [0.25, 0.3) is 5.91 Å². The van der Waals surface area contributed by atoms with Crippen LogP contribution in [0, 0.1) is 5.92 Å². The molecule has 1 saturated carbocycles. The zero-order valence-corrected chi connectivity index (χ0v) is 15.3. The highest BCUT2D eigenvalue weighted by Crippen LogP contribution is 2.41. The number of carbonyl (C=O) groups excluding carboxylic acids is 2. The normalized spacial score (nSPS) is 14.4. The van der Waals surface area contributed by atoms with Crippen LogP contribution in [-0.4, -0.2) is 25.5 Å². The van der Waals surface area contributed by atoms with E-state index in [-0.39, 0.29) is 24.4 Å². The van der Waals surface area contributed by atoms with Gasteiger partial charge >= 0.3 is 0 Å². The van der Waals surface area contributed by atoms with Crippen LogP contribution in [0.4, 0.5) is 0 Å². The standard InChI is InChI=1S/C20H21ClN2O3/c1-26-15-10-8-14(9-11-15)19(13-6-7-13)23-18(24)12-22-20(25)16-4-2-3-5-17(16)21/h2-5,8-11,13,19H,6-7,12H2,1H3,(H,22,25)(H,23,24). The van der Waals surface area contributed by atoms with Crippen LogP contribution in [0.2, 0.25) is 5.02 Å². The summed E-state index contributed by atoms with van der Waals surface area (Å²) in [6, 6.07) is 14.4. The summed E-state index contributed by atoms with van der Waals surface area (Å²) in [6.45, 7) is -0.0938. The van der Waals surface area contributed by atoms with E-state index >= 15 is 0 Å².